The number of hydrogen-bond donors (Lipinski definition) is 1. The Kier molecular flexibility index (Phi) is 4.61. The van der Waals surface area contributed by atoms with Gasteiger partial charge in [0.25, 0.3) is 5.91 Å². The van der Waals surface area contributed by atoms with Gasteiger partial charge in [0.1, 0.15) is 5.75 Å². The first-order chi connectivity index (χ1) is 9.13. The van der Waals surface area contributed by atoms with Crippen LogP contribution in [0.2, 0.25) is 0 Å². The van der Waals surface area contributed by atoms with E-state index in [-0.39, 0.29) is 5.91 Å². The number of ether oxygens (including phenoxy) is 1. The summed E-state index contributed by atoms with van der Waals surface area (Å²) in [6, 6.07) is 9.34. The molecule has 1 N–H and O–H groups in total. The van der Waals surface area contributed by atoms with Crippen molar-refractivity contribution in [3.05, 3.63) is 44.6 Å². The molecule has 0 aliphatic heterocycles. The van der Waals surface area contributed by atoms with Crippen LogP contribution in [0.4, 0.5) is 5.69 Å². The summed E-state index contributed by atoms with van der Waals surface area (Å²) < 4.78 is 6.12. The van der Waals surface area contributed by atoms with E-state index in [1.54, 1.807) is 7.11 Å². The summed E-state index contributed by atoms with van der Waals surface area (Å²) in [6.45, 7) is 2.07. The number of anilines is 1. The molecule has 0 atom stereocenters. The van der Waals surface area contributed by atoms with E-state index in [0.29, 0.717) is 16.3 Å². The number of halogens is 1. The Morgan fingerprint density at radius 3 is 2.79 bits per heavy atom. The highest BCUT2D eigenvalue weighted by Crippen LogP contribution is 2.29. The zero-order chi connectivity index (χ0) is 13.8. The Morgan fingerprint density at radius 1 is 1.37 bits per heavy atom. The highest BCUT2D eigenvalue weighted by Gasteiger charge is 2.12. The monoisotopic (exact) mass is 339 g/mol. The number of carbonyl (C=O) groups is 1. The second-order valence-corrected chi connectivity index (χ2v) is 6.00. The Labute approximate surface area is 124 Å². The van der Waals surface area contributed by atoms with E-state index in [2.05, 4.69) is 28.2 Å². The summed E-state index contributed by atoms with van der Waals surface area (Å²) in [4.78, 5) is 14.1. The van der Waals surface area contributed by atoms with Crippen LogP contribution in [0.15, 0.2) is 34.8 Å². The van der Waals surface area contributed by atoms with Gasteiger partial charge in [0.2, 0.25) is 0 Å². The fraction of sp³-hybridized carbons (Fsp3) is 0.214. The number of rotatable bonds is 4. The van der Waals surface area contributed by atoms with Gasteiger partial charge in [-0.3, -0.25) is 4.79 Å². The van der Waals surface area contributed by atoms with Crippen molar-refractivity contribution >= 4 is 38.9 Å². The van der Waals surface area contributed by atoms with Crippen molar-refractivity contribution in [2.24, 2.45) is 0 Å². The third-order valence-corrected chi connectivity index (χ3v) is 4.37. The molecule has 0 spiro atoms. The van der Waals surface area contributed by atoms with Gasteiger partial charge in [-0.15, -0.1) is 11.3 Å². The predicted octanol–water partition coefficient (Wildman–Crippen LogP) is 4.33. The van der Waals surface area contributed by atoms with Crippen LogP contribution in [0.1, 0.15) is 21.5 Å². The zero-order valence-corrected chi connectivity index (χ0v) is 13.1. The topological polar surface area (TPSA) is 38.3 Å². The zero-order valence-electron chi connectivity index (χ0n) is 10.7. The van der Waals surface area contributed by atoms with Crippen molar-refractivity contribution in [3.63, 3.8) is 0 Å². The summed E-state index contributed by atoms with van der Waals surface area (Å²) in [6.07, 6.45) is 0.943. The molecule has 0 aliphatic carbocycles. The predicted molar refractivity (Wildman–Crippen MR) is 82.3 cm³/mol. The minimum atomic E-state index is -0.110. The third-order valence-electron chi connectivity index (χ3n) is 2.64. The van der Waals surface area contributed by atoms with Crippen molar-refractivity contribution in [1.29, 1.82) is 0 Å². The van der Waals surface area contributed by atoms with Crippen molar-refractivity contribution in [2.45, 2.75) is 13.3 Å². The number of thiophene rings is 1. The van der Waals surface area contributed by atoms with E-state index < -0.39 is 0 Å². The molecule has 2 rings (SSSR count). The van der Waals surface area contributed by atoms with Crippen molar-refractivity contribution < 1.29 is 9.53 Å². The minimum absolute atomic E-state index is 0.110. The number of amides is 1. The molecule has 2 aromatic rings. The summed E-state index contributed by atoms with van der Waals surface area (Å²) in [5, 5.41) is 2.87. The van der Waals surface area contributed by atoms with Gasteiger partial charge in [-0.2, -0.15) is 0 Å². The molecule has 0 saturated carbocycles. The molecule has 0 unspecified atom stereocenters. The molecule has 0 aliphatic rings. The standard InChI is InChI=1S/C14H14BrNO2S/c1-3-10-5-7-13(19-10)14(17)16-11-8-9(15)4-6-12(11)18-2/h4-8H,3H2,1-2H3,(H,16,17). The average Bonchev–Trinajstić information content (AvgIpc) is 2.88. The molecule has 1 amide bonds. The Hall–Kier alpha value is -1.33. The number of carbonyl (C=O) groups excluding carboxylic acids is 1. The van der Waals surface area contributed by atoms with Gasteiger partial charge in [0.15, 0.2) is 0 Å². The Morgan fingerprint density at radius 2 is 2.16 bits per heavy atom. The van der Waals surface area contributed by atoms with E-state index in [1.807, 2.05) is 30.3 Å². The maximum atomic E-state index is 12.2. The largest absolute Gasteiger partial charge is 0.495 e. The molecule has 3 nitrogen and oxygen atoms in total. The molecule has 100 valence electrons. The number of nitrogens with one attached hydrogen (secondary N) is 1. The number of aryl methyl sites for hydroxylation is 1. The van der Waals surface area contributed by atoms with Crippen LogP contribution in [0.25, 0.3) is 0 Å². The summed E-state index contributed by atoms with van der Waals surface area (Å²) in [5.74, 6) is 0.532. The van der Waals surface area contributed by atoms with Crippen molar-refractivity contribution in [2.75, 3.05) is 12.4 Å². The summed E-state index contributed by atoms with van der Waals surface area (Å²) >= 11 is 4.90. The van der Waals surface area contributed by atoms with E-state index in [9.17, 15) is 4.79 Å². The van der Waals surface area contributed by atoms with Gasteiger partial charge in [0.05, 0.1) is 17.7 Å². The van der Waals surface area contributed by atoms with E-state index in [0.717, 1.165) is 10.9 Å². The highest BCUT2D eigenvalue weighted by molar-refractivity contribution is 9.10. The Balaban J connectivity index is 2.20. The average molecular weight is 340 g/mol. The van der Waals surface area contributed by atoms with Crippen LogP contribution < -0.4 is 10.1 Å². The molecule has 5 heteroatoms. The maximum absolute atomic E-state index is 12.2. The lowest BCUT2D eigenvalue weighted by atomic mass is 10.3. The van der Waals surface area contributed by atoms with E-state index >= 15 is 0 Å². The van der Waals surface area contributed by atoms with Gasteiger partial charge in [-0.1, -0.05) is 22.9 Å². The van der Waals surface area contributed by atoms with Crippen LogP contribution >= 0.6 is 27.3 Å². The lowest BCUT2D eigenvalue weighted by molar-refractivity contribution is 0.103. The van der Waals surface area contributed by atoms with Crippen molar-refractivity contribution in [3.8, 4) is 5.75 Å². The normalized spacial score (nSPS) is 10.3. The molecule has 0 fully saturated rings. The fourth-order valence-corrected chi connectivity index (χ4v) is 2.86. The summed E-state index contributed by atoms with van der Waals surface area (Å²) in [5.41, 5.74) is 0.660. The molecule has 19 heavy (non-hydrogen) atoms. The van der Waals surface area contributed by atoms with Crippen molar-refractivity contribution in [1.82, 2.24) is 0 Å². The highest BCUT2D eigenvalue weighted by atomic mass is 79.9. The van der Waals surface area contributed by atoms with Crippen LogP contribution in [0.3, 0.4) is 0 Å². The second-order valence-electron chi connectivity index (χ2n) is 3.92. The maximum Gasteiger partial charge on any atom is 0.265 e. The van der Waals surface area contributed by atoms with Gasteiger partial charge < -0.3 is 10.1 Å². The Bertz CT molecular complexity index is 595. The van der Waals surface area contributed by atoms with E-state index in [1.165, 1.54) is 16.2 Å². The molecule has 0 radical (unpaired) electrons. The lowest BCUT2D eigenvalue weighted by Gasteiger charge is -2.09. The molecule has 1 aromatic heterocycles. The SMILES string of the molecule is CCc1ccc(C(=O)Nc2cc(Br)ccc2OC)s1. The first-order valence-electron chi connectivity index (χ1n) is 5.87. The van der Waals surface area contributed by atoms with Gasteiger partial charge in [0, 0.05) is 9.35 Å². The molecular formula is C14H14BrNO2S. The van der Waals surface area contributed by atoms with Crippen LogP contribution in [-0.4, -0.2) is 13.0 Å². The molecule has 1 heterocycles. The first-order valence-corrected chi connectivity index (χ1v) is 7.48. The fourth-order valence-electron chi connectivity index (χ4n) is 1.65. The molecule has 0 bridgehead atoms. The van der Waals surface area contributed by atoms with Crippen LogP contribution in [0.5, 0.6) is 5.75 Å². The van der Waals surface area contributed by atoms with Gasteiger partial charge in [-0.05, 0) is 36.8 Å². The van der Waals surface area contributed by atoms with Crippen LogP contribution in [0, 0.1) is 0 Å². The number of hydrogen-bond acceptors (Lipinski definition) is 3. The number of methoxy groups -OCH3 is 1. The minimum Gasteiger partial charge on any atom is -0.495 e. The van der Waals surface area contributed by atoms with E-state index in [4.69, 9.17) is 4.74 Å². The van der Waals surface area contributed by atoms with Crippen LogP contribution in [-0.2, 0) is 6.42 Å². The second kappa shape index (κ2) is 6.21. The van der Waals surface area contributed by atoms with Gasteiger partial charge in [-0.25, -0.2) is 0 Å². The number of benzene rings is 1. The first kappa shape index (κ1) is 14.1. The third kappa shape index (κ3) is 3.36. The smallest absolute Gasteiger partial charge is 0.265 e. The molecule has 1 aromatic carbocycles. The lowest BCUT2D eigenvalue weighted by Crippen LogP contribution is -2.11. The quantitative estimate of drug-likeness (QED) is 0.899. The molecule has 0 saturated heterocycles. The van der Waals surface area contributed by atoms with Gasteiger partial charge >= 0.3 is 0 Å². The summed E-state index contributed by atoms with van der Waals surface area (Å²) in [7, 11) is 1.58. The molecular weight excluding hydrogens is 326 g/mol.